The summed E-state index contributed by atoms with van der Waals surface area (Å²) in [5, 5.41) is 20.8. The van der Waals surface area contributed by atoms with E-state index in [9.17, 15) is 31.1 Å². The highest BCUT2D eigenvalue weighted by atomic mass is 19.4. The fourth-order valence-corrected chi connectivity index (χ4v) is 3.13. The van der Waals surface area contributed by atoms with Crippen molar-refractivity contribution in [1.29, 1.82) is 0 Å². The zero-order valence-corrected chi connectivity index (χ0v) is 23.3. The maximum Gasteiger partial charge on any atom is 0.490 e. The predicted molar refractivity (Wildman–Crippen MR) is 145 cm³/mol. The van der Waals surface area contributed by atoms with E-state index < -0.39 is 30.0 Å². The molecule has 0 fully saturated rings. The number of carbonyl (C=O) groups is 2. The van der Waals surface area contributed by atoms with E-state index in [1.807, 2.05) is 45.9 Å². The zero-order chi connectivity index (χ0) is 33.4. The Morgan fingerprint density at radius 2 is 1.52 bits per heavy atom. The normalized spacial score (nSPS) is 11.0. The number of rotatable bonds is 6. The molecule has 238 valence electrons. The van der Waals surface area contributed by atoms with Gasteiger partial charge in [-0.1, -0.05) is 0 Å². The summed E-state index contributed by atoms with van der Waals surface area (Å²) in [5.74, 6) is -4.03. The third-order valence-corrected chi connectivity index (χ3v) is 5.31. The van der Waals surface area contributed by atoms with Crippen LogP contribution in [0.5, 0.6) is 5.75 Å². The van der Waals surface area contributed by atoms with E-state index in [2.05, 4.69) is 25.6 Å². The smallest absolute Gasteiger partial charge is 0.490 e. The molecule has 4 rings (SSSR count). The van der Waals surface area contributed by atoms with E-state index in [-0.39, 0.29) is 0 Å². The number of oxazole rings is 1. The van der Waals surface area contributed by atoms with Crippen molar-refractivity contribution >= 4 is 46.2 Å². The second kappa shape index (κ2) is 14.3. The lowest BCUT2D eigenvalue weighted by Gasteiger charge is -2.14. The summed E-state index contributed by atoms with van der Waals surface area (Å²) >= 11 is 0. The first-order valence-electron chi connectivity index (χ1n) is 12.2. The average Bonchev–Trinajstić information content (AvgIpc) is 3.28. The number of carboxylic acids is 2. The number of anilines is 4. The lowest BCUT2D eigenvalue weighted by atomic mass is 10.1. The number of nitrogens with one attached hydrogen (secondary N) is 3. The van der Waals surface area contributed by atoms with Crippen LogP contribution in [0.2, 0.25) is 0 Å². The Hall–Kier alpha value is -5.29. The van der Waals surface area contributed by atoms with Gasteiger partial charge in [0.15, 0.2) is 5.58 Å². The number of hydrogen-bond donors (Lipinski definition) is 5. The number of alkyl halides is 6. The summed E-state index contributed by atoms with van der Waals surface area (Å²) in [6.45, 7) is 8.58. The number of fused-ring (bicyclic) bond motifs is 1. The van der Waals surface area contributed by atoms with Gasteiger partial charge in [-0.15, -0.1) is 0 Å². The summed E-state index contributed by atoms with van der Waals surface area (Å²) in [7, 11) is 0. The summed E-state index contributed by atoms with van der Waals surface area (Å²) in [6.07, 6.45) is -8.42. The van der Waals surface area contributed by atoms with Crippen molar-refractivity contribution in [1.82, 2.24) is 15.0 Å². The quantitative estimate of drug-likeness (QED) is 0.158. The van der Waals surface area contributed by atoms with Crippen molar-refractivity contribution in [2.24, 2.45) is 0 Å². The molecule has 0 saturated heterocycles. The van der Waals surface area contributed by atoms with Crippen LogP contribution < -0.4 is 21.1 Å². The van der Waals surface area contributed by atoms with Gasteiger partial charge in [0, 0.05) is 29.2 Å². The average molecular weight is 634 g/mol. The molecule has 12 nitrogen and oxygen atoms in total. The topological polar surface area (TPSA) is 180 Å². The van der Waals surface area contributed by atoms with E-state index in [1.54, 1.807) is 18.3 Å². The van der Waals surface area contributed by atoms with Gasteiger partial charge in [-0.3, -0.25) is 4.98 Å². The molecule has 2 aromatic carbocycles. The van der Waals surface area contributed by atoms with E-state index >= 15 is 0 Å². The predicted octanol–water partition coefficient (Wildman–Crippen LogP) is 5.99. The van der Waals surface area contributed by atoms with Crippen molar-refractivity contribution in [3.05, 3.63) is 63.8 Å². The Bertz CT molecular complexity index is 1660. The van der Waals surface area contributed by atoms with Crippen molar-refractivity contribution < 1.29 is 55.3 Å². The van der Waals surface area contributed by atoms with Gasteiger partial charge in [-0.2, -0.15) is 31.3 Å². The molecule has 4 aromatic rings. The Kier molecular flexibility index (Phi) is 11.3. The largest absolute Gasteiger partial charge is 0.494 e. The van der Waals surface area contributed by atoms with Crippen LogP contribution >= 0.6 is 0 Å². The number of hydrogen-bond acceptors (Lipinski definition) is 9. The molecule has 18 heteroatoms. The minimum absolute atomic E-state index is 0.464. The van der Waals surface area contributed by atoms with Crippen LogP contribution in [0, 0.1) is 20.8 Å². The number of carboxylic acid groups (broad SMARTS) is 2. The highest BCUT2D eigenvalue weighted by molar-refractivity contribution is 5.78. The summed E-state index contributed by atoms with van der Waals surface area (Å²) in [4.78, 5) is 40.8. The fraction of sp³-hybridized carbons (Fsp3) is 0.269. The van der Waals surface area contributed by atoms with E-state index in [0.717, 1.165) is 33.8 Å². The van der Waals surface area contributed by atoms with Gasteiger partial charge in [0.2, 0.25) is 5.95 Å². The molecule has 0 amide bonds. The van der Waals surface area contributed by atoms with Crippen LogP contribution in [0.1, 0.15) is 23.6 Å². The maximum absolute atomic E-state index is 11.4. The van der Waals surface area contributed by atoms with Crippen LogP contribution in [0.4, 0.5) is 49.5 Å². The highest BCUT2D eigenvalue weighted by Gasteiger charge is 2.38. The standard InChI is InChI=1S/C22H23N5O3.2C2HF3O2/c1-5-29-19-10-16(8-12(2)14(19)4)25-21-23-11-13(3)20(27-21)24-15-6-7-18-17(9-15)26-22(28)30-18;2*3-2(4,5)1(6)7/h6-11H,5H2,1-4H3,(H,26,28)(H2,23,24,25,27);2*(H,6,7). The molecule has 0 aliphatic heterocycles. The third kappa shape index (κ3) is 10.2. The maximum atomic E-state index is 11.4. The van der Waals surface area contributed by atoms with Gasteiger partial charge in [0.05, 0.1) is 12.1 Å². The molecular weight excluding hydrogens is 608 g/mol. The van der Waals surface area contributed by atoms with Gasteiger partial charge in [0.1, 0.15) is 11.6 Å². The van der Waals surface area contributed by atoms with E-state index in [0.29, 0.717) is 29.5 Å². The molecule has 0 radical (unpaired) electrons. The third-order valence-electron chi connectivity index (χ3n) is 5.31. The number of H-pyrrole nitrogens is 1. The van der Waals surface area contributed by atoms with Gasteiger partial charge >= 0.3 is 30.0 Å². The number of nitrogens with zero attached hydrogens (tertiary/aromatic N) is 2. The molecule has 5 N–H and O–H groups in total. The Morgan fingerprint density at radius 3 is 2.07 bits per heavy atom. The molecule has 0 bridgehead atoms. The highest BCUT2D eigenvalue weighted by Crippen LogP contribution is 2.29. The molecule has 0 spiro atoms. The van der Waals surface area contributed by atoms with Crippen LogP contribution in [0.15, 0.2) is 45.7 Å². The lowest BCUT2D eigenvalue weighted by molar-refractivity contribution is -0.193. The van der Waals surface area contributed by atoms with Crippen molar-refractivity contribution in [3.63, 3.8) is 0 Å². The first-order valence-corrected chi connectivity index (χ1v) is 12.2. The number of aromatic amines is 1. The number of halogens is 6. The molecule has 0 atom stereocenters. The minimum Gasteiger partial charge on any atom is -0.494 e. The second-order valence-corrected chi connectivity index (χ2v) is 8.66. The molecule has 0 aliphatic carbocycles. The van der Waals surface area contributed by atoms with Crippen molar-refractivity contribution in [2.75, 3.05) is 17.2 Å². The van der Waals surface area contributed by atoms with Gasteiger partial charge in [0.25, 0.3) is 0 Å². The van der Waals surface area contributed by atoms with E-state index in [4.69, 9.17) is 29.0 Å². The Balaban J connectivity index is 0.000000402. The SMILES string of the molecule is CCOc1cc(Nc2ncc(C)c(Nc3ccc4oc(=O)[nH]c4c3)n2)cc(C)c1C.O=C(O)C(F)(F)F.O=C(O)C(F)(F)F. The first kappa shape index (κ1) is 34.9. The monoisotopic (exact) mass is 633 g/mol. The number of aliphatic carboxylic acids is 2. The number of aromatic nitrogens is 3. The van der Waals surface area contributed by atoms with E-state index in [1.165, 1.54) is 0 Å². The molecule has 0 saturated carbocycles. The van der Waals surface area contributed by atoms with Gasteiger partial charge in [-0.25, -0.2) is 19.4 Å². The summed E-state index contributed by atoms with van der Waals surface area (Å²) in [5.41, 5.74) is 5.88. The van der Waals surface area contributed by atoms with Crippen molar-refractivity contribution in [3.8, 4) is 5.75 Å². The molecular formula is C26H25F6N5O7. The molecule has 2 aromatic heterocycles. The lowest BCUT2D eigenvalue weighted by Crippen LogP contribution is -2.21. The molecule has 2 heterocycles. The Morgan fingerprint density at radius 1 is 0.932 bits per heavy atom. The molecule has 0 unspecified atom stereocenters. The number of ether oxygens (including phenoxy) is 1. The van der Waals surface area contributed by atoms with Crippen LogP contribution in [0.3, 0.4) is 0 Å². The fourth-order valence-electron chi connectivity index (χ4n) is 3.13. The molecule has 44 heavy (non-hydrogen) atoms. The van der Waals surface area contributed by atoms with Crippen molar-refractivity contribution in [2.45, 2.75) is 40.0 Å². The van der Waals surface area contributed by atoms with Gasteiger partial charge in [-0.05, 0) is 63.1 Å². The zero-order valence-electron chi connectivity index (χ0n) is 23.3. The first-order chi connectivity index (χ1) is 20.3. The molecule has 0 aliphatic rings. The summed E-state index contributed by atoms with van der Waals surface area (Å²) in [6, 6.07) is 9.34. The number of benzene rings is 2. The van der Waals surface area contributed by atoms with Gasteiger partial charge < -0.3 is 30.0 Å². The second-order valence-electron chi connectivity index (χ2n) is 8.66. The Labute approximate surface area is 243 Å². The summed E-state index contributed by atoms with van der Waals surface area (Å²) < 4.78 is 74.2. The minimum atomic E-state index is -5.08. The van der Waals surface area contributed by atoms with Crippen LogP contribution in [0.25, 0.3) is 11.1 Å². The number of aryl methyl sites for hydroxylation is 2. The van der Waals surface area contributed by atoms with Crippen LogP contribution in [-0.2, 0) is 9.59 Å². The van der Waals surface area contributed by atoms with Crippen LogP contribution in [-0.4, -0.2) is 56.1 Å².